The first kappa shape index (κ1) is 19.0. The monoisotopic (exact) mass is 288 g/mol. The van der Waals surface area contributed by atoms with Gasteiger partial charge in [-0.15, -0.1) is 0 Å². The van der Waals surface area contributed by atoms with Gasteiger partial charge in [-0.25, -0.2) is 4.79 Å². The summed E-state index contributed by atoms with van der Waals surface area (Å²) < 4.78 is 9.45. The lowest BCUT2D eigenvalue weighted by molar-refractivity contribution is -0.151. The third-order valence-electron chi connectivity index (χ3n) is 1.54. The van der Waals surface area contributed by atoms with Gasteiger partial charge in [0, 0.05) is 6.61 Å². The smallest absolute Gasteiger partial charge is 0.332 e. The van der Waals surface area contributed by atoms with Crippen LogP contribution in [0.25, 0.3) is 0 Å². The third-order valence-corrected chi connectivity index (χ3v) is 1.54. The average Bonchev–Trinajstić information content (AvgIpc) is 2.21. The van der Waals surface area contributed by atoms with Gasteiger partial charge in [-0.1, -0.05) is 6.92 Å². The van der Waals surface area contributed by atoms with Gasteiger partial charge in [0.25, 0.3) is 0 Å². The van der Waals surface area contributed by atoms with E-state index in [0.29, 0.717) is 13.2 Å². The molecule has 102 valence electrons. The van der Waals surface area contributed by atoms with Gasteiger partial charge in [-0.2, -0.15) is 0 Å². The number of halogens is 2. The van der Waals surface area contributed by atoms with Gasteiger partial charge in [0.15, 0.2) is 6.10 Å². The molecule has 2 unspecified atom stereocenters. The second-order valence-electron chi connectivity index (χ2n) is 3.22. The largest absolute Gasteiger partial charge is 0.479 e. The molecule has 0 heterocycles. The molecule has 0 aromatic rings. The summed E-state index contributed by atoms with van der Waals surface area (Å²) in [6, 6.07) is 0. The van der Waals surface area contributed by atoms with Crippen molar-refractivity contribution in [2.45, 2.75) is 39.4 Å². The second-order valence-corrected chi connectivity index (χ2v) is 4.10. The fourth-order valence-electron chi connectivity index (χ4n) is 0.718. The van der Waals surface area contributed by atoms with Crippen molar-refractivity contribution in [1.29, 1.82) is 0 Å². The van der Waals surface area contributed by atoms with E-state index < -0.39 is 16.8 Å². The molecule has 0 bridgehead atoms. The van der Waals surface area contributed by atoms with Gasteiger partial charge in [0.2, 0.25) is 0 Å². The Kier molecular flexibility index (Phi) is 13.5. The van der Waals surface area contributed by atoms with E-state index in [1.54, 1.807) is 0 Å². The fraction of sp³-hybridized carbons (Fsp3) is 0.800. The lowest BCUT2D eigenvalue weighted by Gasteiger charge is -2.14. The Hall–Kier alpha value is -0.360. The van der Waals surface area contributed by atoms with Crippen LogP contribution in [-0.2, 0) is 14.3 Å². The predicted octanol–water partition coefficient (Wildman–Crippen LogP) is 2.88. The molecule has 0 fully saturated rings. The third kappa shape index (κ3) is 18.2. The molecule has 0 aliphatic carbocycles. The molecule has 7 heteroatoms. The summed E-state index contributed by atoms with van der Waals surface area (Å²) in [7, 11) is 0. The van der Waals surface area contributed by atoms with Crippen molar-refractivity contribution in [1.82, 2.24) is 0 Å². The molecule has 17 heavy (non-hydrogen) atoms. The summed E-state index contributed by atoms with van der Waals surface area (Å²) >= 11 is 8.80. The van der Waals surface area contributed by atoms with E-state index in [4.69, 9.17) is 19.4 Å². The summed E-state index contributed by atoms with van der Waals surface area (Å²) in [6.45, 7) is 6.41. The highest BCUT2D eigenvalue weighted by atomic mass is 35.5. The lowest BCUT2D eigenvalue weighted by atomic mass is 10.4. The Bertz CT molecular complexity index is 219. The number of carbonyl (C=O) groups is 2. The van der Waals surface area contributed by atoms with Crippen LogP contribution in [-0.4, -0.2) is 41.2 Å². The van der Waals surface area contributed by atoms with E-state index in [9.17, 15) is 4.79 Å². The molecule has 2 atom stereocenters. The molecule has 0 aromatic carbocycles. The number of ether oxygens (including phenoxy) is 2. The van der Waals surface area contributed by atoms with E-state index >= 15 is 0 Å². The standard InChI is InChI=1S/C9H18O4.CCl2O/c1-4-5-12-7(2)6-13-8(3)9(10)11;2-1(3)4/h7-8H,4-6H2,1-3H3,(H,10,11);. The summed E-state index contributed by atoms with van der Waals surface area (Å²) in [5, 5.41) is 8.51. The van der Waals surface area contributed by atoms with Crippen molar-refractivity contribution in [3.63, 3.8) is 0 Å². The van der Waals surface area contributed by atoms with Crippen molar-refractivity contribution in [2.75, 3.05) is 13.2 Å². The SMILES string of the molecule is CCCOC(C)COC(C)C(=O)O.O=C(Cl)Cl. The van der Waals surface area contributed by atoms with E-state index in [-0.39, 0.29) is 6.10 Å². The molecule has 0 amide bonds. The van der Waals surface area contributed by atoms with Crippen molar-refractivity contribution < 1.29 is 24.2 Å². The van der Waals surface area contributed by atoms with E-state index in [0.717, 1.165) is 6.42 Å². The van der Waals surface area contributed by atoms with Crippen LogP contribution in [0.15, 0.2) is 0 Å². The average molecular weight is 289 g/mol. The van der Waals surface area contributed by atoms with Crippen molar-refractivity contribution in [2.24, 2.45) is 0 Å². The van der Waals surface area contributed by atoms with Crippen LogP contribution in [0.3, 0.4) is 0 Å². The number of hydrogen-bond donors (Lipinski definition) is 1. The van der Waals surface area contributed by atoms with Gasteiger partial charge in [-0.3, -0.25) is 4.79 Å². The Morgan fingerprint density at radius 2 is 1.71 bits per heavy atom. The highest BCUT2D eigenvalue weighted by Gasteiger charge is 2.12. The summed E-state index contributed by atoms with van der Waals surface area (Å²) in [4.78, 5) is 19.3. The molecule has 1 N–H and O–H groups in total. The minimum absolute atomic E-state index is 0.0400. The summed E-state index contributed by atoms with van der Waals surface area (Å²) in [6.07, 6.45) is 0.160. The Labute approximate surface area is 111 Å². The number of aliphatic carboxylic acids is 1. The number of hydrogen-bond acceptors (Lipinski definition) is 4. The fourth-order valence-corrected chi connectivity index (χ4v) is 0.718. The molecule has 0 saturated heterocycles. The van der Waals surface area contributed by atoms with E-state index in [1.807, 2.05) is 13.8 Å². The molecule has 0 radical (unpaired) electrons. The zero-order chi connectivity index (χ0) is 13.8. The van der Waals surface area contributed by atoms with Crippen molar-refractivity contribution in [3.05, 3.63) is 0 Å². The van der Waals surface area contributed by atoms with E-state index in [1.165, 1.54) is 6.92 Å². The van der Waals surface area contributed by atoms with Gasteiger partial charge in [-0.05, 0) is 43.5 Å². The van der Waals surface area contributed by atoms with Crippen LogP contribution < -0.4 is 0 Å². The van der Waals surface area contributed by atoms with Crippen LogP contribution in [0.1, 0.15) is 27.2 Å². The van der Waals surface area contributed by atoms with Gasteiger partial charge >= 0.3 is 10.7 Å². The first-order valence-electron chi connectivity index (χ1n) is 5.12. The molecule has 0 saturated carbocycles. The minimum Gasteiger partial charge on any atom is -0.479 e. The Morgan fingerprint density at radius 1 is 1.24 bits per heavy atom. The maximum atomic E-state index is 10.4. The normalized spacial score (nSPS) is 13.2. The van der Waals surface area contributed by atoms with Crippen LogP contribution >= 0.6 is 23.2 Å². The van der Waals surface area contributed by atoms with Gasteiger partial charge in [0.1, 0.15) is 0 Å². The number of carboxylic acid groups (broad SMARTS) is 1. The first-order chi connectivity index (χ1) is 7.81. The zero-order valence-electron chi connectivity index (χ0n) is 10.1. The maximum absolute atomic E-state index is 10.4. The molecule has 0 aliphatic rings. The molecule has 0 rings (SSSR count). The van der Waals surface area contributed by atoms with Crippen LogP contribution in [0, 0.1) is 0 Å². The lowest BCUT2D eigenvalue weighted by Crippen LogP contribution is -2.25. The molecule has 0 aliphatic heterocycles. The Balaban J connectivity index is 0. The predicted molar refractivity (Wildman–Crippen MR) is 65.9 cm³/mol. The molecule has 5 nitrogen and oxygen atoms in total. The molecular weight excluding hydrogens is 271 g/mol. The van der Waals surface area contributed by atoms with Crippen molar-refractivity contribution in [3.8, 4) is 0 Å². The number of carbonyl (C=O) groups excluding carboxylic acids is 1. The first-order valence-corrected chi connectivity index (χ1v) is 5.87. The molecular formula is C10H18Cl2O5. The number of rotatable bonds is 7. The summed E-state index contributed by atoms with van der Waals surface area (Å²) in [5.41, 5.74) is 0. The van der Waals surface area contributed by atoms with Gasteiger partial charge in [0.05, 0.1) is 12.7 Å². The highest BCUT2D eigenvalue weighted by Crippen LogP contribution is 1.97. The zero-order valence-corrected chi connectivity index (χ0v) is 11.6. The highest BCUT2D eigenvalue weighted by molar-refractivity contribution is 6.93. The Morgan fingerprint density at radius 3 is 2.06 bits per heavy atom. The summed E-state index contributed by atoms with van der Waals surface area (Å²) in [5.74, 6) is -0.942. The van der Waals surface area contributed by atoms with Crippen LogP contribution in [0.4, 0.5) is 4.79 Å². The molecule has 0 aromatic heterocycles. The number of carboxylic acids is 1. The van der Waals surface area contributed by atoms with Gasteiger partial charge < -0.3 is 14.6 Å². The van der Waals surface area contributed by atoms with Crippen molar-refractivity contribution >= 4 is 33.9 Å². The minimum atomic E-state index is -0.942. The van der Waals surface area contributed by atoms with Crippen LogP contribution in [0.2, 0.25) is 0 Å². The van der Waals surface area contributed by atoms with E-state index in [2.05, 4.69) is 23.2 Å². The maximum Gasteiger partial charge on any atom is 0.332 e. The van der Waals surface area contributed by atoms with Crippen LogP contribution in [0.5, 0.6) is 0 Å². The molecule has 0 spiro atoms. The topological polar surface area (TPSA) is 72.8 Å². The second kappa shape index (κ2) is 12.1. The quantitative estimate of drug-likeness (QED) is 0.729.